The van der Waals surface area contributed by atoms with Gasteiger partial charge in [0.15, 0.2) is 27.5 Å². The second-order valence-electron chi connectivity index (χ2n) is 8.26. The van der Waals surface area contributed by atoms with Crippen molar-refractivity contribution in [1.29, 1.82) is 0 Å². The van der Waals surface area contributed by atoms with Crippen LogP contribution < -0.4 is 16.5 Å². The molecule has 0 unspecified atom stereocenters. The molecule has 0 radical (unpaired) electrons. The van der Waals surface area contributed by atoms with Crippen LogP contribution in [0.2, 0.25) is 0 Å². The number of rotatable bonds is 10. The molecular weight excluding hydrogens is 621 g/mol. The van der Waals surface area contributed by atoms with Crippen LogP contribution in [0.5, 0.6) is 5.75 Å². The number of aliphatic carboxylic acids is 1. The van der Waals surface area contributed by atoms with E-state index in [1.165, 1.54) is 46.8 Å². The number of carbonyl (C=O) groups excluding carboxylic acids is 2. The SMILES string of the molecule is Nc1nc(C(=NOCc2cc(=O)c(O)cn2O)C(=O)N[C@@H]2C(=O)N3C(C(=O)O)=C(CSc4ncns4)CS[C@H]23)cs1. The van der Waals surface area contributed by atoms with Crippen molar-refractivity contribution in [3.63, 3.8) is 0 Å². The van der Waals surface area contributed by atoms with Gasteiger partial charge in [-0.2, -0.15) is 9.10 Å². The van der Waals surface area contributed by atoms with Crippen molar-refractivity contribution < 1.29 is 34.6 Å². The van der Waals surface area contributed by atoms with Gasteiger partial charge in [0.05, 0.1) is 6.20 Å². The van der Waals surface area contributed by atoms with E-state index in [9.17, 15) is 34.6 Å². The Kier molecular flexibility index (Phi) is 8.15. The number of carboxylic acids is 1. The lowest BCUT2D eigenvalue weighted by molar-refractivity contribution is -0.150. The number of nitrogen functional groups attached to an aromatic ring is 1. The number of hydrogen-bond donors (Lipinski definition) is 5. The van der Waals surface area contributed by atoms with E-state index in [4.69, 9.17) is 10.6 Å². The van der Waals surface area contributed by atoms with Crippen molar-refractivity contribution in [1.82, 2.24) is 29.3 Å². The van der Waals surface area contributed by atoms with Crippen LogP contribution in [0.1, 0.15) is 11.4 Å². The summed E-state index contributed by atoms with van der Waals surface area (Å²) in [7, 11) is 0. The molecule has 20 heteroatoms. The van der Waals surface area contributed by atoms with E-state index in [1.807, 2.05) is 0 Å². The minimum atomic E-state index is -1.26. The summed E-state index contributed by atoms with van der Waals surface area (Å²) in [5, 5.41) is 36.4. The van der Waals surface area contributed by atoms with Gasteiger partial charge in [0.2, 0.25) is 5.43 Å². The van der Waals surface area contributed by atoms with Crippen LogP contribution in [-0.4, -0.2) is 85.8 Å². The highest BCUT2D eigenvalue weighted by molar-refractivity contribution is 8.01. The molecular formula is C21H18N8O8S4. The second kappa shape index (κ2) is 11.8. The predicted molar refractivity (Wildman–Crippen MR) is 148 cm³/mol. The average Bonchev–Trinajstić information content (AvgIpc) is 3.62. The smallest absolute Gasteiger partial charge is 0.352 e. The zero-order chi connectivity index (χ0) is 29.3. The first kappa shape index (κ1) is 28.4. The Bertz CT molecular complexity index is 1640. The number of aromatic nitrogens is 4. The predicted octanol–water partition coefficient (Wildman–Crippen LogP) is 0.133. The summed E-state index contributed by atoms with van der Waals surface area (Å²) in [6.07, 6.45) is 2.17. The van der Waals surface area contributed by atoms with Crippen molar-refractivity contribution in [3.8, 4) is 5.75 Å². The van der Waals surface area contributed by atoms with Gasteiger partial charge in [-0.15, -0.1) is 23.1 Å². The zero-order valence-electron chi connectivity index (χ0n) is 20.4. The molecule has 2 aliphatic rings. The summed E-state index contributed by atoms with van der Waals surface area (Å²) in [6, 6.07) is -0.137. The molecule has 5 rings (SSSR count). The van der Waals surface area contributed by atoms with Crippen molar-refractivity contribution >= 4 is 75.0 Å². The number of pyridine rings is 1. The summed E-state index contributed by atoms with van der Waals surface area (Å²) in [4.78, 5) is 64.5. The van der Waals surface area contributed by atoms with E-state index >= 15 is 0 Å². The molecule has 214 valence electrons. The van der Waals surface area contributed by atoms with Gasteiger partial charge in [0.25, 0.3) is 11.8 Å². The van der Waals surface area contributed by atoms with Crippen LogP contribution in [-0.2, 0) is 25.8 Å². The maximum atomic E-state index is 13.2. The van der Waals surface area contributed by atoms with E-state index in [2.05, 4.69) is 24.8 Å². The third-order valence-electron chi connectivity index (χ3n) is 5.68. The Morgan fingerprint density at radius 3 is 2.83 bits per heavy atom. The fourth-order valence-electron chi connectivity index (χ4n) is 3.80. The molecule has 0 aliphatic carbocycles. The lowest BCUT2D eigenvalue weighted by Gasteiger charge is -2.49. The summed E-state index contributed by atoms with van der Waals surface area (Å²) in [5.41, 5.74) is 4.96. The first-order valence-electron chi connectivity index (χ1n) is 11.3. The lowest BCUT2D eigenvalue weighted by atomic mass is 10.0. The zero-order valence-corrected chi connectivity index (χ0v) is 23.6. The number of β-lactam (4-membered cyclic amide) rings is 1. The van der Waals surface area contributed by atoms with Gasteiger partial charge < -0.3 is 31.3 Å². The first-order chi connectivity index (χ1) is 19.6. The number of thiazole rings is 1. The minimum absolute atomic E-state index is 0.0409. The van der Waals surface area contributed by atoms with Crippen LogP contribution in [0.25, 0.3) is 0 Å². The number of nitrogens with one attached hydrogen (secondary N) is 1. The Hall–Kier alpha value is -4.14. The highest BCUT2D eigenvalue weighted by atomic mass is 32.2. The molecule has 1 saturated heterocycles. The van der Waals surface area contributed by atoms with Gasteiger partial charge in [-0.3, -0.25) is 19.3 Å². The van der Waals surface area contributed by atoms with Gasteiger partial charge >= 0.3 is 5.97 Å². The van der Waals surface area contributed by atoms with E-state index < -0.39 is 47.0 Å². The average molecular weight is 639 g/mol. The molecule has 3 aromatic rings. The number of fused-ring (bicyclic) bond motifs is 1. The lowest BCUT2D eigenvalue weighted by Crippen LogP contribution is -2.71. The molecule has 3 aromatic heterocycles. The van der Waals surface area contributed by atoms with E-state index in [0.29, 0.717) is 26.1 Å². The Labute approximate surface area is 245 Å². The van der Waals surface area contributed by atoms with Crippen molar-refractivity contribution in [3.05, 3.63) is 56.9 Å². The normalized spacial score (nSPS) is 18.6. The number of aromatic hydroxyl groups is 1. The van der Waals surface area contributed by atoms with Gasteiger partial charge in [-0.05, 0) is 17.1 Å². The number of oxime groups is 1. The summed E-state index contributed by atoms with van der Waals surface area (Å²) < 4.78 is 5.04. The molecule has 2 amide bonds. The molecule has 41 heavy (non-hydrogen) atoms. The van der Waals surface area contributed by atoms with Gasteiger partial charge in [-0.25, -0.2) is 14.8 Å². The van der Waals surface area contributed by atoms with Crippen LogP contribution >= 0.6 is 46.4 Å². The molecule has 0 spiro atoms. The van der Waals surface area contributed by atoms with Crippen LogP contribution in [0.15, 0.2) is 49.5 Å². The number of carboxylic acid groups (broad SMARTS) is 1. The highest BCUT2D eigenvalue weighted by Crippen LogP contribution is 2.41. The fraction of sp³-hybridized carbons (Fsp3) is 0.238. The molecule has 1 fully saturated rings. The Morgan fingerprint density at radius 2 is 2.15 bits per heavy atom. The van der Waals surface area contributed by atoms with Crippen LogP contribution in [0.3, 0.4) is 0 Å². The molecule has 2 atom stereocenters. The summed E-state index contributed by atoms with van der Waals surface area (Å²) >= 11 is 4.82. The first-order valence-corrected chi connectivity index (χ1v) is 15.0. The monoisotopic (exact) mass is 638 g/mol. The van der Waals surface area contributed by atoms with Crippen molar-refractivity contribution in [2.45, 2.75) is 22.4 Å². The Morgan fingerprint density at radius 1 is 1.34 bits per heavy atom. The standard InChI is InChI=1S/C21H18N8O8S4/c22-20-25-10(6-39-20)13(27-37-3-9-1-11(30)12(31)2-28(9)36)16(32)26-14-17(33)29-15(19(34)35)8(4-38-18(14)29)5-40-21-23-7-24-41-21/h1-2,6-7,14,18,31,36H,3-5H2,(H2,22,25)(H,26,32)(H,34,35)/t14-,18-/m1/s1. The molecule has 2 aliphatic heterocycles. The maximum Gasteiger partial charge on any atom is 0.352 e. The summed E-state index contributed by atoms with van der Waals surface area (Å²) in [6.45, 7) is -0.471. The minimum Gasteiger partial charge on any atom is -0.503 e. The largest absolute Gasteiger partial charge is 0.503 e. The van der Waals surface area contributed by atoms with Gasteiger partial charge in [0.1, 0.15) is 34.8 Å². The van der Waals surface area contributed by atoms with Gasteiger partial charge in [0, 0.05) is 23.0 Å². The number of nitrogens with two attached hydrogens (primary N) is 1. The molecule has 16 nitrogen and oxygen atoms in total. The van der Waals surface area contributed by atoms with E-state index in [0.717, 1.165) is 28.5 Å². The number of hydrogen-bond acceptors (Lipinski definition) is 16. The summed E-state index contributed by atoms with van der Waals surface area (Å²) in [5.74, 6) is -2.78. The quantitative estimate of drug-likeness (QED) is 0.0653. The van der Waals surface area contributed by atoms with Crippen molar-refractivity contribution in [2.75, 3.05) is 17.2 Å². The maximum absolute atomic E-state index is 13.2. The van der Waals surface area contributed by atoms with Crippen molar-refractivity contribution in [2.24, 2.45) is 5.16 Å². The molecule has 0 bridgehead atoms. The number of carbonyl (C=O) groups is 3. The molecule has 0 saturated carbocycles. The molecule has 5 heterocycles. The highest BCUT2D eigenvalue weighted by Gasteiger charge is 2.54. The van der Waals surface area contributed by atoms with Crippen LogP contribution in [0.4, 0.5) is 5.13 Å². The fourth-order valence-corrected chi connectivity index (χ4v) is 7.28. The molecule has 6 N–H and O–H groups in total. The van der Waals surface area contributed by atoms with Gasteiger partial charge in [-0.1, -0.05) is 16.9 Å². The number of anilines is 1. The topological polar surface area (TPSA) is 235 Å². The van der Waals surface area contributed by atoms with E-state index in [-0.39, 0.29) is 27.9 Å². The number of nitrogens with zero attached hydrogens (tertiary/aromatic N) is 6. The Balaban J connectivity index is 1.31. The number of amides is 2. The number of thioether (sulfide) groups is 2. The van der Waals surface area contributed by atoms with E-state index in [1.54, 1.807) is 0 Å². The second-order valence-corrected chi connectivity index (χ2v) is 12.3. The molecule has 0 aromatic carbocycles. The van der Waals surface area contributed by atoms with Crippen LogP contribution in [0, 0.1) is 0 Å². The third-order valence-corrected chi connectivity index (χ3v) is 9.58. The third kappa shape index (κ3) is 5.85.